The molecule has 1 fully saturated rings. The predicted molar refractivity (Wildman–Crippen MR) is 89.1 cm³/mol. The molecule has 22 heavy (non-hydrogen) atoms. The molecule has 0 saturated carbocycles. The van der Waals surface area contributed by atoms with Crippen LogP contribution in [0.15, 0.2) is 9.52 Å². The third-order valence-corrected chi connectivity index (χ3v) is 4.31. The largest absolute Gasteiger partial charge is 0.361 e. The number of hydrogen-bond donors (Lipinski definition) is 2. The van der Waals surface area contributed by atoms with Gasteiger partial charge in [-0.25, -0.2) is 0 Å². The highest BCUT2D eigenvalue weighted by atomic mass is 16.5. The molecule has 124 valence electrons. The summed E-state index contributed by atoms with van der Waals surface area (Å²) in [5, 5.41) is 11.0. The van der Waals surface area contributed by atoms with Crippen LogP contribution < -0.4 is 10.6 Å². The molecule has 0 aromatic carbocycles. The summed E-state index contributed by atoms with van der Waals surface area (Å²) in [4.78, 5) is 6.68. The minimum absolute atomic E-state index is 0.705. The first-order valence-electron chi connectivity index (χ1n) is 8.27. The van der Waals surface area contributed by atoms with Gasteiger partial charge in [-0.15, -0.1) is 0 Å². The summed E-state index contributed by atoms with van der Waals surface area (Å²) in [6.07, 6.45) is 3.01. The fraction of sp³-hybridized carbons (Fsp3) is 0.750. The molecule has 1 aromatic heterocycles. The number of likely N-dealkylation sites (tertiary alicyclic amines) is 1. The van der Waals surface area contributed by atoms with Crippen molar-refractivity contribution in [1.82, 2.24) is 20.7 Å². The Labute approximate surface area is 133 Å². The SMILES string of the molecule is CCc1noc(CC)c1CNC(=NC)NCC1CCN(C)C1. The Morgan fingerprint density at radius 2 is 2.18 bits per heavy atom. The topological polar surface area (TPSA) is 65.7 Å². The summed E-state index contributed by atoms with van der Waals surface area (Å²) >= 11 is 0. The molecule has 1 atom stereocenters. The Morgan fingerprint density at radius 1 is 1.36 bits per heavy atom. The highest BCUT2D eigenvalue weighted by Crippen LogP contribution is 2.15. The van der Waals surface area contributed by atoms with E-state index in [0.29, 0.717) is 12.5 Å². The van der Waals surface area contributed by atoms with Gasteiger partial charge in [0.1, 0.15) is 5.76 Å². The fourth-order valence-corrected chi connectivity index (χ4v) is 2.96. The Morgan fingerprint density at radius 3 is 2.77 bits per heavy atom. The van der Waals surface area contributed by atoms with E-state index in [0.717, 1.165) is 43.3 Å². The summed E-state index contributed by atoms with van der Waals surface area (Å²) < 4.78 is 5.40. The quantitative estimate of drug-likeness (QED) is 0.614. The lowest BCUT2D eigenvalue weighted by molar-refractivity contribution is 0.380. The molecule has 0 amide bonds. The number of guanidine groups is 1. The average Bonchev–Trinajstić information content (AvgIpc) is 3.13. The lowest BCUT2D eigenvalue weighted by Gasteiger charge is -2.15. The molecular formula is C16H29N5O. The summed E-state index contributed by atoms with van der Waals surface area (Å²) in [7, 11) is 3.99. The van der Waals surface area contributed by atoms with Gasteiger partial charge >= 0.3 is 0 Å². The van der Waals surface area contributed by atoms with Crippen molar-refractivity contribution in [2.24, 2.45) is 10.9 Å². The molecule has 2 rings (SSSR count). The van der Waals surface area contributed by atoms with Gasteiger partial charge in [0.25, 0.3) is 0 Å². The molecule has 0 bridgehead atoms. The van der Waals surface area contributed by atoms with Crippen molar-refractivity contribution < 1.29 is 4.52 Å². The third kappa shape index (κ3) is 4.22. The normalized spacial score (nSPS) is 19.6. The smallest absolute Gasteiger partial charge is 0.191 e. The molecule has 1 unspecified atom stereocenters. The minimum atomic E-state index is 0.705. The lowest BCUT2D eigenvalue weighted by Crippen LogP contribution is -2.40. The van der Waals surface area contributed by atoms with Crippen molar-refractivity contribution >= 4 is 5.96 Å². The molecular weight excluding hydrogens is 278 g/mol. The summed E-state index contributed by atoms with van der Waals surface area (Å²) in [6.45, 7) is 8.22. The second kappa shape index (κ2) is 8.17. The first-order valence-corrected chi connectivity index (χ1v) is 8.27. The van der Waals surface area contributed by atoms with Crippen LogP contribution in [0.5, 0.6) is 0 Å². The van der Waals surface area contributed by atoms with Crippen molar-refractivity contribution in [2.75, 3.05) is 33.7 Å². The molecule has 0 radical (unpaired) electrons. The minimum Gasteiger partial charge on any atom is -0.361 e. The van der Waals surface area contributed by atoms with Gasteiger partial charge in [-0.2, -0.15) is 0 Å². The highest BCUT2D eigenvalue weighted by molar-refractivity contribution is 5.79. The maximum absolute atomic E-state index is 5.40. The summed E-state index contributed by atoms with van der Waals surface area (Å²) in [5.74, 6) is 2.52. The van der Waals surface area contributed by atoms with Crippen LogP contribution in [0.4, 0.5) is 0 Å². The zero-order valence-electron chi connectivity index (χ0n) is 14.3. The van der Waals surface area contributed by atoms with E-state index in [4.69, 9.17) is 4.52 Å². The first-order chi connectivity index (χ1) is 10.7. The number of hydrogen-bond acceptors (Lipinski definition) is 4. The van der Waals surface area contributed by atoms with E-state index in [1.165, 1.54) is 18.5 Å². The van der Waals surface area contributed by atoms with Gasteiger partial charge in [0.05, 0.1) is 5.69 Å². The molecule has 1 aliphatic rings. The molecule has 0 spiro atoms. The van der Waals surface area contributed by atoms with Crippen LogP contribution in [0, 0.1) is 5.92 Å². The van der Waals surface area contributed by atoms with Gasteiger partial charge < -0.3 is 20.1 Å². The first kappa shape index (κ1) is 16.8. The lowest BCUT2D eigenvalue weighted by atomic mass is 10.1. The van der Waals surface area contributed by atoms with E-state index in [2.05, 4.69) is 46.6 Å². The van der Waals surface area contributed by atoms with Gasteiger partial charge in [0.2, 0.25) is 0 Å². The molecule has 1 aliphatic heterocycles. The standard InChI is InChI=1S/C16H29N5O/c1-5-14-13(15(6-2)22-20-14)10-19-16(17-3)18-9-12-7-8-21(4)11-12/h12H,5-11H2,1-4H3,(H2,17,18,19). The summed E-state index contributed by atoms with van der Waals surface area (Å²) in [6, 6.07) is 0. The van der Waals surface area contributed by atoms with Crippen molar-refractivity contribution in [1.29, 1.82) is 0 Å². The molecule has 1 aromatic rings. The van der Waals surface area contributed by atoms with Gasteiger partial charge in [-0.3, -0.25) is 4.99 Å². The molecule has 2 heterocycles. The van der Waals surface area contributed by atoms with E-state index >= 15 is 0 Å². The second-order valence-electron chi connectivity index (χ2n) is 5.96. The van der Waals surface area contributed by atoms with Gasteiger partial charge in [-0.05, 0) is 32.4 Å². The van der Waals surface area contributed by atoms with Crippen molar-refractivity contribution in [3.8, 4) is 0 Å². The maximum atomic E-state index is 5.40. The number of nitrogens with zero attached hydrogens (tertiary/aromatic N) is 3. The average molecular weight is 307 g/mol. The van der Waals surface area contributed by atoms with Crippen LogP contribution in [0.25, 0.3) is 0 Å². The zero-order valence-corrected chi connectivity index (χ0v) is 14.3. The van der Waals surface area contributed by atoms with Crippen LogP contribution >= 0.6 is 0 Å². The molecule has 6 heteroatoms. The zero-order chi connectivity index (χ0) is 15.9. The van der Waals surface area contributed by atoms with Crippen LogP contribution in [0.3, 0.4) is 0 Å². The maximum Gasteiger partial charge on any atom is 0.191 e. The molecule has 0 aliphatic carbocycles. The Bertz CT molecular complexity index is 475. The monoisotopic (exact) mass is 307 g/mol. The van der Waals surface area contributed by atoms with Gasteiger partial charge in [0, 0.05) is 38.7 Å². The van der Waals surface area contributed by atoms with E-state index < -0.39 is 0 Å². The van der Waals surface area contributed by atoms with E-state index in [9.17, 15) is 0 Å². The molecule has 1 saturated heterocycles. The van der Waals surface area contributed by atoms with Gasteiger partial charge in [-0.1, -0.05) is 19.0 Å². The number of rotatable bonds is 6. The van der Waals surface area contributed by atoms with Crippen LogP contribution in [0.2, 0.25) is 0 Å². The Kier molecular flexibility index (Phi) is 6.24. The van der Waals surface area contributed by atoms with E-state index in [1.807, 2.05) is 7.05 Å². The number of aromatic nitrogens is 1. The fourth-order valence-electron chi connectivity index (χ4n) is 2.96. The Balaban J connectivity index is 1.85. The molecule has 6 nitrogen and oxygen atoms in total. The van der Waals surface area contributed by atoms with Crippen LogP contribution in [-0.4, -0.2) is 49.7 Å². The predicted octanol–water partition coefficient (Wildman–Crippen LogP) is 1.42. The van der Waals surface area contributed by atoms with Crippen LogP contribution in [-0.2, 0) is 19.4 Å². The van der Waals surface area contributed by atoms with Crippen LogP contribution in [0.1, 0.15) is 37.3 Å². The number of aliphatic imine (C=N–C) groups is 1. The van der Waals surface area contributed by atoms with E-state index in [1.54, 1.807) is 0 Å². The summed E-state index contributed by atoms with van der Waals surface area (Å²) in [5.41, 5.74) is 2.21. The molecule has 2 N–H and O–H groups in total. The third-order valence-electron chi connectivity index (χ3n) is 4.31. The Hall–Kier alpha value is -1.56. The number of nitrogens with one attached hydrogen (secondary N) is 2. The van der Waals surface area contributed by atoms with Crippen molar-refractivity contribution in [3.63, 3.8) is 0 Å². The van der Waals surface area contributed by atoms with Crippen molar-refractivity contribution in [2.45, 2.75) is 39.7 Å². The number of aryl methyl sites for hydroxylation is 2. The van der Waals surface area contributed by atoms with Crippen molar-refractivity contribution in [3.05, 3.63) is 17.0 Å². The van der Waals surface area contributed by atoms with E-state index in [-0.39, 0.29) is 0 Å². The second-order valence-corrected chi connectivity index (χ2v) is 5.96. The highest BCUT2D eigenvalue weighted by Gasteiger charge is 2.19. The van der Waals surface area contributed by atoms with Gasteiger partial charge in [0.15, 0.2) is 5.96 Å².